The van der Waals surface area contributed by atoms with Gasteiger partial charge in [0.15, 0.2) is 0 Å². The number of hydrogen-bond acceptors (Lipinski definition) is 5. The predicted octanol–water partition coefficient (Wildman–Crippen LogP) is 1.55. The Morgan fingerprint density at radius 3 is 2.67 bits per heavy atom. The van der Waals surface area contributed by atoms with E-state index in [-0.39, 0.29) is 6.10 Å². The lowest BCUT2D eigenvalue weighted by molar-refractivity contribution is 0.00277. The third kappa shape index (κ3) is 4.75. The highest BCUT2D eigenvalue weighted by Gasteiger charge is 2.22. The number of piperidine rings is 1. The molecule has 0 spiro atoms. The first-order valence-corrected chi connectivity index (χ1v) is 6.06. The first-order valence-electron chi connectivity index (χ1n) is 5.43. The third-order valence-electron chi connectivity index (χ3n) is 2.48. The van der Waals surface area contributed by atoms with Crippen LogP contribution >= 0.6 is 12.6 Å². The summed E-state index contributed by atoms with van der Waals surface area (Å²) in [6.07, 6.45) is 1.28. The summed E-state index contributed by atoms with van der Waals surface area (Å²) in [5, 5.41) is 0. The standard InChI is InChI=1S/C10H19NO3S/c1-2-13-10(12)14-9-3-5-11(6-4-9)7-8-15/h9,15H,2-8H2,1H3. The molecule has 0 aromatic heterocycles. The SMILES string of the molecule is CCOC(=O)OC1CCN(CCS)CC1. The maximum atomic E-state index is 11.0. The van der Waals surface area contributed by atoms with Crippen molar-refractivity contribution in [3.8, 4) is 0 Å². The number of carbonyl (C=O) groups is 1. The van der Waals surface area contributed by atoms with E-state index in [4.69, 9.17) is 9.47 Å². The van der Waals surface area contributed by atoms with Gasteiger partial charge in [0.2, 0.25) is 0 Å². The van der Waals surface area contributed by atoms with Crippen molar-refractivity contribution in [2.75, 3.05) is 32.0 Å². The van der Waals surface area contributed by atoms with Crippen molar-refractivity contribution in [1.82, 2.24) is 4.90 Å². The minimum Gasteiger partial charge on any atom is -0.435 e. The van der Waals surface area contributed by atoms with Crippen molar-refractivity contribution in [3.63, 3.8) is 0 Å². The van der Waals surface area contributed by atoms with Gasteiger partial charge in [0.25, 0.3) is 0 Å². The van der Waals surface area contributed by atoms with Crippen molar-refractivity contribution in [2.24, 2.45) is 0 Å². The van der Waals surface area contributed by atoms with Gasteiger partial charge in [-0.3, -0.25) is 0 Å². The number of thiol groups is 1. The predicted molar refractivity (Wildman–Crippen MR) is 61.4 cm³/mol. The topological polar surface area (TPSA) is 38.8 Å². The van der Waals surface area contributed by atoms with Gasteiger partial charge in [-0.1, -0.05) is 0 Å². The van der Waals surface area contributed by atoms with Crippen LogP contribution in [0, 0.1) is 0 Å². The lowest BCUT2D eigenvalue weighted by atomic mass is 10.1. The van der Waals surface area contributed by atoms with Crippen molar-refractivity contribution in [3.05, 3.63) is 0 Å². The zero-order valence-electron chi connectivity index (χ0n) is 9.15. The fourth-order valence-corrected chi connectivity index (χ4v) is 1.96. The summed E-state index contributed by atoms with van der Waals surface area (Å²) < 4.78 is 9.88. The average molecular weight is 233 g/mol. The zero-order chi connectivity index (χ0) is 11.1. The van der Waals surface area contributed by atoms with E-state index in [1.54, 1.807) is 6.92 Å². The molecule has 0 amide bonds. The molecule has 1 aliphatic heterocycles. The molecule has 1 rings (SSSR count). The van der Waals surface area contributed by atoms with Crippen molar-refractivity contribution in [2.45, 2.75) is 25.9 Å². The van der Waals surface area contributed by atoms with E-state index in [2.05, 4.69) is 17.5 Å². The maximum absolute atomic E-state index is 11.0. The van der Waals surface area contributed by atoms with Gasteiger partial charge in [0, 0.05) is 25.4 Å². The summed E-state index contributed by atoms with van der Waals surface area (Å²) >= 11 is 4.19. The Balaban J connectivity index is 2.16. The molecule has 1 aliphatic rings. The van der Waals surface area contributed by atoms with E-state index < -0.39 is 6.16 Å². The number of nitrogens with zero attached hydrogens (tertiary/aromatic N) is 1. The van der Waals surface area contributed by atoms with E-state index >= 15 is 0 Å². The highest BCUT2D eigenvalue weighted by molar-refractivity contribution is 7.80. The van der Waals surface area contributed by atoms with Crippen LogP contribution in [-0.2, 0) is 9.47 Å². The second-order valence-electron chi connectivity index (χ2n) is 3.57. The van der Waals surface area contributed by atoms with Crippen LogP contribution in [0.1, 0.15) is 19.8 Å². The molecule has 4 nitrogen and oxygen atoms in total. The lowest BCUT2D eigenvalue weighted by Crippen LogP contribution is -2.38. The number of likely N-dealkylation sites (tertiary alicyclic amines) is 1. The smallest absolute Gasteiger partial charge is 0.435 e. The van der Waals surface area contributed by atoms with Crippen LogP contribution in [0.25, 0.3) is 0 Å². The van der Waals surface area contributed by atoms with E-state index in [0.717, 1.165) is 38.2 Å². The molecule has 0 unspecified atom stereocenters. The van der Waals surface area contributed by atoms with Crippen molar-refractivity contribution < 1.29 is 14.3 Å². The van der Waals surface area contributed by atoms with E-state index in [9.17, 15) is 4.79 Å². The molecular formula is C10H19NO3S. The highest BCUT2D eigenvalue weighted by atomic mass is 32.1. The molecule has 5 heteroatoms. The highest BCUT2D eigenvalue weighted by Crippen LogP contribution is 2.14. The first-order chi connectivity index (χ1) is 7.26. The minimum absolute atomic E-state index is 0.0280. The normalized spacial score (nSPS) is 18.8. The van der Waals surface area contributed by atoms with Gasteiger partial charge in [0.1, 0.15) is 6.10 Å². The Labute approximate surface area is 96.3 Å². The molecule has 0 aromatic rings. The quantitative estimate of drug-likeness (QED) is 0.591. The largest absolute Gasteiger partial charge is 0.508 e. The van der Waals surface area contributed by atoms with Crippen molar-refractivity contribution >= 4 is 18.8 Å². The Morgan fingerprint density at radius 2 is 2.13 bits per heavy atom. The van der Waals surface area contributed by atoms with Crippen LogP contribution in [0.5, 0.6) is 0 Å². The first kappa shape index (κ1) is 12.6. The van der Waals surface area contributed by atoms with Gasteiger partial charge in [-0.25, -0.2) is 4.79 Å². The van der Waals surface area contributed by atoms with Crippen LogP contribution < -0.4 is 0 Å². The van der Waals surface area contributed by atoms with Crippen LogP contribution in [0.2, 0.25) is 0 Å². The van der Waals surface area contributed by atoms with E-state index in [0.29, 0.717) is 6.61 Å². The van der Waals surface area contributed by atoms with Crippen LogP contribution in [0.3, 0.4) is 0 Å². The second kappa shape index (κ2) is 6.95. The summed E-state index contributed by atoms with van der Waals surface area (Å²) in [4.78, 5) is 13.4. The number of ether oxygens (including phenoxy) is 2. The molecule has 1 fully saturated rings. The Hall–Kier alpha value is -0.420. The zero-order valence-corrected chi connectivity index (χ0v) is 10.0. The molecule has 0 aliphatic carbocycles. The molecule has 0 bridgehead atoms. The number of hydrogen-bond donors (Lipinski definition) is 1. The molecule has 88 valence electrons. The van der Waals surface area contributed by atoms with E-state index in [1.807, 2.05) is 0 Å². The molecule has 0 N–H and O–H groups in total. The van der Waals surface area contributed by atoms with Crippen LogP contribution in [0.15, 0.2) is 0 Å². The Morgan fingerprint density at radius 1 is 1.47 bits per heavy atom. The average Bonchev–Trinajstić information content (AvgIpc) is 2.22. The fourth-order valence-electron chi connectivity index (χ4n) is 1.68. The second-order valence-corrected chi connectivity index (χ2v) is 4.01. The van der Waals surface area contributed by atoms with Gasteiger partial charge < -0.3 is 14.4 Å². The summed E-state index contributed by atoms with van der Waals surface area (Å²) in [5.41, 5.74) is 0. The summed E-state index contributed by atoms with van der Waals surface area (Å²) in [6, 6.07) is 0. The van der Waals surface area contributed by atoms with Crippen molar-refractivity contribution in [1.29, 1.82) is 0 Å². The van der Waals surface area contributed by atoms with Crippen LogP contribution in [0.4, 0.5) is 4.79 Å². The molecule has 0 aromatic carbocycles. The van der Waals surface area contributed by atoms with Gasteiger partial charge in [-0.15, -0.1) is 0 Å². The van der Waals surface area contributed by atoms with E-state index in [1.165, 1.54) is 0 Å². The lowest BCUT2D eigenvalue weighted by Gasteiger charge is -2.30. The monoisotopic (exact) mass is 233 g/mol. The molecular weight excluding hydrogens is 214 g/mol. The summed E-state index contributed by atoms with van der Waals surface area (Å²) in [7, 11) is 0. The Kier molecular flexibility index (Phi) is 5.86. The Bertz CT molecular complexity index is 193. The number of rotatable bonds is 4. The molecule has 0 radical (unpaired) electrons. The fraction of sp³-hybridized carbons (Fsp3) is 0.900. The summed E-state index contributed by atoms with van der Waals surface area (Å²) in [6.45, 7) is 5.11. The molecule has 0 atom stereocenters. The summed E-state index contributed by atoms with van der Waals surface area (Å²) in [5.74, 6) is 0.878. The molecule has 0 saturated carbocycles. The minimum atomic E-state index is -0.537. The van der Waals surface area contributed by atoms with Gasteiger partial charge in [-0.05, 0) is 19.8 Å². The molecule has 1 heterocycles. The van der Waals surface area contributed by atoms with Gasteiger partial charge >= 0.3 is 6.16 Å². The third-order valence-corrected chi connectivity index (χ3v) is 2.68. The molecule has 15 heavy (non-hydrogen) atoms. The van der Waals surface area contributed by atoms with Crippen LogP contribution in [-0.4, -0.2) is 49.2 Å². The molecule has 1 saturated heterocycles. The van der Waals surface area contributed by atoms with Gasteiger partial charge in [-0.2, -0.15) is 12.6 Å². The van der Waals surface area contributed by atoms with Gasteiger partial charge in [0.05, 0.1) is 6.61 Å². The number of carbonyl (C=O) groups excluding carboxylic acids is 1. The maximum Gasteiger partial charge on any atom is 0.508 e.